The number of hydrogen-bond acceptors (Lipinski definition) is 5. The fraction of sp³-hybridized carbons (Fsp3) is 0.258. The normalized spacial score (nSPS) is 14.2. The maximum atomic E-state index is 4.70. The van der Waals surface area contributed by atoms with Crippen molar-refractivity contribution < 1.29 is 0 Å². The minimum atomic E-state index is 0.832. The molecule has 190 valence electrons. The van der Waals surface area contributed by atoms with Gasteiger partial charge in [0.2, 0.25) is 0 Å². The maximum Gasteiger partial charge on any atom is 0.116 e. The molecule has 7 heteroatoms. The molecular weight excluding hydrogens is 488 g/mol. The molecule has 0 saturated heterocycles. The van der Waals surface area contributed by atoms with Gasteiger partial charge in [-0.15, -0.1) is 11.3 Å². The second-order valence-corrected chi connectivity index (χ2v) is 11.7. The number of benzene rings is 1. The first-order chi connectivity index (χ1) is 18.7. The van der Waals surface area contributed by atoms with Crippen LogP contribution in [0, 0.1) is 12.8 Å². The van der Waals surface area contributed by atoms with Gasteiger partial charge in [0.05, 0.1) is 22.9 Å². The minimum Gasteiger partial charge on any atom is -0.352 e. The van der Waals surface area contributed by atoms with Crippen molar-refractivity contribution in [2.45, 2.75) is 39.2 Å². The van der Waals surface area contributed by atoms with E-state index in [0.29, 0.717) is 0 Å². The number of aromatic nitrogens is 5. The van der Waals surface area contributed by atoms with Crippen LogP contribution in [0.25, 0.3) is 54.8 Å². The first-order valence-corrected chi connectivity index (χ1v) is 14.2. The fourth-order valence-electron chi connectivity index (χ4n) is 5.73. The first-order valence-electron chi connectivity index (χ1n) is 13.4. The van der Waals surface area contributed by atoms with E-state index in [9.17, 15) is 0 Å². The Hall–Kier alpha value is -3.81. The van der Waals surface area contributed by atoms with Crippen LogP contribution in [-0.2, 0) is 6.54 Å². The largest absolute Gasteiger partial charge is 0.352 e. The van der Waals surface area contributed by atoms with Crippen molar-refractivity contribution in [2.75, 3.05) is 6.54 Å². The summed E-state index contributed by atoms with van der Waals surface area (Å²) in [4.78, 5) is 15.1. The number of pyridine rings is 2. The third-order valence-corrected chi connectivity index (χ3v) is 8.77. The van der Waals surface area contributed by atoms with Crippen molar-refractivity contribution >= 4 is 33.1 Å². The Bertz CT molecular complexity index is 1740. The van der Waals surface area contributed by atoms with E-state index in [0.717, 1.165) is 68.9 Å². The summed E-state index contributed by atoms with van der Waals surface area (Å²) >= 11 is 1.79. The Kier molecular flexibility index (Phi) is 6.02. The quantitative estimate of drug-likeness (QED) is 0.205. The molecule has 0 unspecified atom stereocenters. The number of thiophene rings is 1. The molecule has 0 amide bonds. The summed E-state index contributed by atoms with van der Waals surface area (Å²) in [6.45, 7) is 4.09. The van der Waals surface area contributed by atoms with Crippen LogP contribution in [-0.4, -0.2) is 31.7 Å². The summed E-state index contributed by atoms with van der Waals surface area (Å²) < 4.78 is 0. The number of nitrogens with one attached hydrogen (secondary N) is 3. The predicted octanol–water partition coefficient (Wildman–Crippen LogP) is 7.48. The lowest BCUT2D eigenvalue weighted by atomic mass is 10.0. The van der Waals surface area contributed by atoms with Gasteiger partial charge in [0.25, 0.3) is 0 Å². The van der Waals surface area contributed by atoms with Crippen LogP contribution in [0.15, 0.2) is 67.3 Å². The monoisotopic (exact) mass is 518 g/mol. The van der Waals surface area contributed by atoms with Crippen molar-refractivity contribution in [1.82, 2.24) is 30.5 Å². The second-order valence-electron chi connectivity index (χ2n) is 10.4. The highest BCUT2D eigenvalue weighted by Crippen LogP contribution is 2.37. The molecule has 6 aromatic rings. The van der Waals surface area contributed by atoms with Crippen molar-refractivity contribution in [3.8, 4) is 33.0 Å². The molecule has 1 saturated carbocycles. The number of rotatable bonds is 7. The fourth-order valence-corrected chi connectivity index (χ4v) is 6.62. The first kappa shape index (κ1) is 23.3. The smallest absolute Gasteiger partial charge is 0.116 e. The van der Waals surface area contributed by atoms with Crippen molar-refractivity contribution in [1.29, 1.82) is 0 Å². The molecule has 0 radical (unpaired) electrons. The lowest BCUT2D eigenvalue weighted by molar-refractivity contribution is 0.489. The van der Waals surface area contributed by atoms with Crippen LogP contribution < -0.4 is 5.32 Å². The highest BCUT2D eigenvalue weighted by atomic mass is 32.1. The summed E-state index contributed by atoms with van der Waals surface area (Å²) in [5.41, 5.74) is 8.53. The zero-order chi connectivity index (χ0) is 25.5. The summed E-state index contributed by atoms with van der Waals surface area (Å²) in [5.74, 6) is 0.832. The van der Waals surface area contributed by atoms with Crippen molar-refractivity contribution in [2.24, 2.45) is 5.92 Å². The SMILES string of the molecule is Cc1ccc(-c2cncc3[nH]c(-c4n[nH]c5ccc(-c6cncc(CNCC7CCCC7)c6)cc45)cc23)s1. The van der Waals surface area contributed by atoms with Crippen LogP contribution in [0.4, 0.5) is 0 Å². The van der Waals surface area contributed by atoms with Crippen molar-refractivity contribution in [3.63, 3.8) is 0 Å². The standard InChI is InChI=1S/C31H30N6S/c1-19-6-9-30(38-19)26-17-34-18-29-24(26)12-28(35-29)31-25-11-22(7-8-27(25)36-37-31)23-10-21(15-33-16-23)14-32-13-20-4-2-3-5-20/h6-12,15-18,20,32,35H,2-5,13-14H2,1H3,(H,36,37). The van der Waals surface area contributed by atoms with Gasteiger partial charge >= 0.3 is 0 Å². The highest BCUT2D eigenvalue weighted by Gasteiger charge is 2.16. The molecule has 5 aromatic heterocycles. The third kappa shape index (κ3) is 4.42. The second kappa shape index (κ2) is 9.82. The Morgan fingerprint density at radius 2 is 1.79 bits per heavy atom. The Labute approximate surface area is 225 Å². The van der Waals surface area contributed by atoms with E-state index in [1.165, 1.54) is 41.0 Å². The molecule has 5 heterocycles. The molecule has 1 aliphatic carbocycles. The lowest BCUT2D eigenvalue weighted by Crippen LogP contribution is -2.20. The maximum absolute atomic E-state index is 4.70. The summed E-state index contributed by atoms with van der Waals surface area (Å²) in [7, 11) is 0. The van der Waals surface area contributed by atoms with Gasteiger partial charge in [0, 0.05) is 56.8 Å². The molecule has 1 fully saturated rings. The van der Waals surface area contributed by atoms with Gasteiger partial charge in [-0.1, -0.05) is 18.9 Å². The van der Waals surface area contributed by atoms with E-state index >= 15 is 0 Å². The number of H-pyrrole nitrogens is 2. The summed E-state index contributed by atoms with van der Waals surface area (Å²) in [6.07, 6.45) is 13.2. The van der Waals surface area contributed by atoms with Gasteiger partial charge < -0.3 is 10.3 Å². The number of fused-ring (bicyclic) bond motifs is 2. The molecule has 7 rings (SSSR count). The van der Waals surface area contributed by atoms with Gasteiger partial charge in [-0.05, 0) is 79.8 Å². The summed E-state index contributed by atoms with van der Waals surface area (Å²) in [5, 5.41) is 13.8. The highest BCUT2D eigenvalue weighted by molar-refractivity contribution is 7.15. The number of aromatic amines is 2. The van der Waals surface area contributed by atoms with Gasteiger partial charge in [0.1, 0.15) is 5.69 Å². The number of aryl methyl sites for hydroxylation is 1. The van der Waals surface area contributed by atoms with E-state index in [1.807, 2.05) is 24.8 Å². The molecule has 3 N–H and O–H groups in total. The van der Waals surface area contributed by atoms with E-state index in [1.54, 1.807) is 11.3 Å². The topological polar surface area (TPSA) is 82.3 Å². The average molecular weight is 519 g/mol. The summed E-state index contributed by atoms with van der Waals surface area (Å²) in [6, 6.07) is 15.2. The molecule has 1 aromatic carbocycles. The van der Waals surface area contributed by atoms with Crippen LogP contribution in [0.5, 0.6) is 0 Å². The molecular formula is C31H30N6S. The van der Waals surface area contributed by atoms with Gasteiger partial charge in [0.15, 0.2) is 0 Å². The molecule has 38 heavy (non-hydrogen) atoms. The average Bonchev–Trinajstić information content (AvgIpc) is 3.74. The van der Waals surface area contributed by atoms with Gasteiger partial charge in [-0.25, -0.2) is 0 Å². The minimum absolute atomic E-state index is 0.832. The number of hydrogen-bond donors (Lipinski definition) is 3. The van der Waals surface area contributed by atoms with E-state index < -0.39 is 0 Å². The zero-order valence-electron chi connectivity index (χ0n) is 21.4. The molecule has 0 aliphatic heterocycles. The predicted molar refractivity (Wildman–Crippen MR) is 156 cm³/mol. The Morgan fingerprint density at radius 1 is 0.895 bits per heavy atom. The zero-order valence-corrected chi connectivity index (χ0v) is 22.2. The molecule has 1 aliphatic rings. The lowest BCUT2D eigenvalue weighted by Gasteiger charge is -2.11. The van der Waals surface area contributed by atoms with Crippen molar-refractivity contribution in [3.05, 3.63) is 77.7 Å². The van der Waals surface area contributed by atoms with Crippen LogP contribution in [0.3, 0.4) is 0 Å². The van der Waals surface area contributed by atoms with Crippen LogP contribution in [0.2, 0.25) is 0 Å². The van der Waals surface area contributed by atoms with Gasteiger partial charge in [-0.3, -0.25) is 15.1 Å². The Balaban J connectivity index is 1.20. The van der Waals surface area contributed by atoms with Crippen LogP contribution in [0.1, 0.15) is 36.1 Å². The molecule has 0 spiro atoms. The molecule has 6 nitrogen and oxygen atoms in total. The molecule has 0 atom stereocenters. The van der Waals surface area contributed by atoms with E-state index in [2.05, 4.69) is 74.8 Å². The van der Waals surface area contributed by atoms with Crippen LogP contribution >= 0.6 is 11.3 Å². The third-order valence-electron chi connectivity index (χ3n) is 7.73. The number of nitrogens with zero attached hydrogens (tertiary/aromatic N) is 3. The van der Waals surface area contributed by atoms with Gasteiger partial charge in [-0.2, -0.15) is 5.10 Å². The molecule has 0 bridgehead atoms. The Morgan fingerprint density at radius 3 is 2.66 bits per heavy atom. The van der Waals surface area contributed by atoms with E-state index in [4.69, 9.17) is 5.10 Å². The van der Waals surface area contributed by atoms with E-state index in [-0.39, 0.29) is 0 Å².